The second-order valence-electron chi connectivity index (χ2n) is 3.49. The van der Waals surface area contributed by atoms with Gasteiger partial charge in [-0.25, -0.2) is 4.39 Å². The van der Waals surface area contributed by atoms with E-state index in [0.717, 1.165) is 6.42 Å². The molecule has 88 valence electrons. The van der Waals surface area contributed by atoms with E-state index in [2.05, 4.69) is 5.32 Å². The van der Waals surface area contributed by atoms with Crippen LogP contribution in [0.1, 0.15) is 19.8 Å². The molecule has 5 heteroatoms. The van der Waals surface area contributed by atoms with Crippen LogP contribution in [-0.4, -0.2) is 11.9 Å². The van der Waals surface area contributed by atoms with Crippen molar-refractivity contribution in [1.29, 1.82) is 0 Å². The third-order valence-electron chi connectivity index (χ3n) is 2.15. The van der Waals surface area contributed by atoms with E-state index < -0.39 is 17.8 Å². The number of anilines is 1. The van der Waals surface area contributed by atoms with Gasteiger partial charge in [0, 0.05) is 0 Å². The van der Waals surface area contributed by atoms with Crippen LogP contribution in [0.4, 0.5) is 10.1 Å². The van der Waals surface area contributed by atoms with Crippen LogP contribution in [0, 0.1) is 5.82 Å². The number of carbonyl (C=O) groups excluding carboxylic acids is 1. The maximum atomic E-state index is 13.4. The number of amides is 1. The highest BCUT2D eigenvalue weighted by Gasteiger charge is 2.15. The number of nitrogens with one attached hydrogen (secondary N) is 1. The van der Waals surface area contributed by atoms with Gasteiger partial charge in [-0.15, -0.1) is 0 Å². The van der Waals surface area contributed by atoms with Gasteiger partial charge in [-0.05, 0) is 18.6 Å². The SMILES string of the molecule is CCC[C@@H](N)C(=O)Nc1cccc(Cl)c1F. The Balaban J connectivity index is 2.73. The van der Waals surface area contributed by atoms with Crippen molar-refractivity contribution in [2.45, 2.75) is 25.8 Å². The van der Waals surface area contributed by atoms with Crippen molar-refractivity contribution in [3.8, 4) is 0 Å². The highest BCUT2D eigenvalue weighted by atomic mass is 35.5. The molecule has 0 aliphatic rings. The van der Waals surface area contributed by atoms with E-state index >= 15 is 0 Å². The fraction of sp³-hybridized carbons (Fsp3) is 0.364. The summed E-state index contributed by atoms with van der Waals surface area (Å²) in [6.07, 6.45) is 1.36. The van der Waals surface area contributed by atoms with Crippen LogP contribution in [0.25, 0.3) is 0 Å². The lowest BCUT2D eigenvalue weighted by molar-refractivity contribution is -0.117. The summed E-state index contributed by atoms with van der Waals surface area (Å²) in [4.78, 5) is 11.5. The molecule has 1 rings (SSSR count). The van der Waals surface area contributed by atoms with Crippen molar-refractivity contribution in [3.63, 3.8) is 0 Å². The third kappa shape index (κ3) is 3.18. The lowest BCUT2D eigenvalue weighted by Gasteiger charge is -2.11. The Morgan fingerprint density at radius 3 is 2.94 bits per heavy atom. The van der Waals surface area contributed by atoms with E-state index in [9.17, 15) is 9.18 Å². The number of rotatable bonds is 4. The van der Waals surface area contributed by atoms with Crippen LogP contribution in [0.15, 0.2) is 18.2 Å². The molecule has 16 heavy (non-hydrogen) atoms. The molecule has 0 saturated carbocycles. The maximum Gasteiger partial charge on any atom is 0.241 e. The Bertz CT molecular complexity index is 384. The first-order chi connectivity index (χ1) is 7.56. The van der Waals surface area contributed by atoms with Crippen molar-refractivity contribution in [2.24, 2.45) is 5.73 Å². The molecule has 0 fully saturated rings. The predicted octanol–water partition coefficient (Wildman–Crippen LogP) is 2.55. The van der Waals surface area contributed by atoms with Gasteiger partial charge in [0.25, 0.3) is 0 Å². The van der Waals surface area contributed by atoms with Crippen LogP contribution < -0.4 is 11.1 Å². The zero-order valence-electron chi connectivity index (χ0n) is 8.97. The van der Waals surface area contributed by atoms with E-state index in [1.54, 1.807) is 6.07 Å². The molecule has 0 radical (unpaired) electrons. The molecule has 1 atom stereocenters. The van der Waals surface area contributed by atoms with Gasteiger partial charge in [0.1, 0.15) is 0 Å². The lowest BCUT2D eigenvalue weighted by Crippen LogP contribution is -2.35. The number of hydrogen-bond donors (Lipinski definition) is 2. The Morgan fingerprint density at radius 1 is 1.62 bits per heavy atom. The van der Waals surface area contributed by atoms with Gasteiger partial charge < -0.3 is 11.1 Å². The molecule has 1 amide bonds. The van der Waals surface area contributed by atoms with Gasteiger partial charge in [-0.2, -0.15) is 0 Å². The molecule has 0 unspecified atom stereocenters. The number of hydrogen-bond acceptors (Lipinski definition) is 2. The number of halogens is 2. The fourth-order valence-electron chi connectivity index (χ4n) is 1.27. The van der Waals surface area contributed by atoms with Crippen LogP contribution in [0.2, 0.25) is 5.02 Å². The molecule has 0 bridgehead atoms. The molecular weight excluding hydrogens is 231 g/mol. The van der Waals surface area contributed by atoms with Crippen LogP contribution >= 0.6 is 11.6 Å². The minimum atomic E-state index is -0.638. The molecule has 0 aliphatic heterocycles. The second-order valence-corrected chi connectivity index (χ2v) is 3.89. The van der Waals surface area contributed by atoms with E-state index in [4.69, 9.17) is 17.3 Å². The normalized spacial score (nSPS) is 12.2. The Labute approximate surface area is 98.8 Å². The standard InChI is InChI=1S/C11H14ClFN2O/c1-2-4-8(14)11(16)15-9-6-3-5-7(12)10(9)13/h3,5-6,8H,2,4,14H2,1H3,(H,15,16)/t8-/m1/s1. The summed E-state index contributed by atoms with van der Waals surface area (Å²) in [6.45, 7) is 1.92. The average molecular weight is 245 g/mol. The summed E-state index contributed by atoms with van der Waals surface area (Å²) in [5.41, 5.74) is 5.66. The summed E-state index contributed by atoms with van der Waals surface area (Å²) < 4.78 is 13.4. The summed E-state index contributed by atoms with van der Waals surface area (Å²) >= 11 is 5.58. The summed E-state index contributed by atoms with van der Waals surface area (Å²) in [5.74, 6) is -1.04. The summed E-state index contributed by atoms with van der Waals surface area (Å²) in [7, 11) is 0. The third-order valence-corrected chi connectivity index (χ3v) is 2.44. The largest absolute Gasteiger partial charge is 0.322 e. The molecule has 1 aromatic carbocycles. The van der Waals surface area contributed by atoms with Crippen molar-refractivity contribution in [3.05, 3.63) is 29.0 Å². The van der Waals surface area contributed by atoms with Crippen molar-refractivity contribution < 1.29 is 9.18 Å². The van der Waals surface area contributed by atoms with Gasteiger partial charge in [0.2, 0.25) is 5.91 Å². The summed E-state index contributed by atoms with van der Waals surface area (Å²) in [5, 5.41) is 2.39. The molecule has 1 aromatic rings. The van der Waals surface area contributed by atoms with Gasteiger partial charge >= 0.3 is 0 Å². The van der Waals surface area contributed by atoms with Crippen molar-refractivity contribution in [1.82, 2.24) is 0 Å². The molecule has 0 aliphatic carbocycles. The van der Waals surface area contributed by atoms with Gasteiger partial charge in [0.15, 0.2) is 5.82 Å². The quantitative estimate of drug-likeness (QED) is 0.855. The lowest BCUT2D eigenvalue weighted by atomic mass is 10.1. The summed E-state index contributed by atoms with van der Waals surface area (Å²) in [6, 6.07) is 3.80. The zero-order valence-corrected chi connectivity index (χ0v) is 9.72. The second kappa shape index (κ2) is 5.82. The molecule has 0 heterocycles. The molecular formula is C11H14ClFN2O. The van der Waals surface area contributed by atoms with Crippen molar-refractivity contribution >= 4 is 23.2 Å². The van der Waals surface area contributed by atoms with Gasteiger partial charge in [-0.1, -0.05) is 31.0 Å². The average Bonchev–Trinajstić information content (AvgIpc) is 2.25. The first-order valence-electron chi connectivity index (χ1n) is 5.06. The Kier molecular flexibility index (Phi) is 4.71. The zero-order chi connectivity index (χ0) is 12.1. The highest BCUT2D eigenvalue weighted by molar-refractivity contribution is 6.31. The van der Waals surface area contributed by atoms with Crippen LogP contribution in [0.3, 0.4) is 0 Å². The first-order valence-corrected chi connectivity index (χ1v) is 5.44. The number of carbonyl (C=O) groups is 1. The Morgan fingerprint density at radius 2 is 2.31 bits per heavy atom. The topological polar surface area (TPSA) is 55.1 Å². The monoisotopic (exact) mass is 244 g/mol. The maximum absolute atomic E-state index is 13.4. The molecule has 0 aromatic heterocycles. The number of benzene rings is 1. The highest BCUT2D eigenvalue weighted by Crippen LogP contribution is 2.22. The molecule has 3 nitrogen and oxygen atoms in total. The smallest absolute Gasteiger partial charge is 0.241 e. The minimum Gasteiger partial charge on any atom is -0.322 e. The number of nitrogens with two attached hydrogens (primary N) is 1. The fourth-order valence-corrected chi connectivity index (χ4v) is 1.44. The molecule has 0 spiro atoms. The van der Waals surface area contributed by atoms with E-state index in [-0.39, 0.29) is 10.7 Å². The predicted molar refractivity (Wildman–Crippen MR) is 62.9 cm³/mol. The molecule has 0 saturated heterocycles. The van der Waals surface area contributed by atoms with Gasteiger partial charge in [0.05, 0.1) is 16.8 Å². The van der Waals surface area contributed by atoms with Crippen molar-refractivity contribution in [2.75, 3.05) is 5.32 Å². The van der Waals surface area contributed by atoms with E-state index in [0.29, 0.717) is 6.42 Å². The van der Waals surface area contributed by atoms with E-state index in [1.165, 1.54) is 12.1 Å². The van der Waals surface area contributed by atoms with Crippen LogP contribution in [-0.2, 0) is 4.79 Å². The first kappa shape index (κ1) is 12.9. The van der Waals surface area contributed by atoms with Gasteiger partial charge in [-0.3, -0.25) is 4.79 Å². The van der Waals surface area contributed by atoms with E-state index in [1.807, 2.05) is 6.92 Å². The minimum absolute atomic E-state index is 0.0261. The molecule has 3 N–H and O–H groups in total. The van der Waals surface area contributed by atoms with Crippen LogP contribution in [0.5, 0.6) is 0 Å². The Hall–Kier alpha value is -1.13.